The molecule has 3 aliphatic carbocycles. The van der Waals surface area contributed by atoms with Gasteiger partial charge in [-0.1, -0.05) is 34.1 Å². The van der Waals surface area contributed by atoms with Gasteiger partial charge >= 0.3 is 0 Å². The number of nitrogens with zero attached hydrogens (tertiary/aromatic N) is 1. The number of aliphatic hydroxyl groups is 3. The molecule has 1 fully saturated rings. The summed E-state index contributed by atoms with van der Waals surface area (Å²) < 4.78 is 5.14. The van der Waals surface area contributed by atoms with Crippen LogP contribution >= 0.6 is 32.9 Å². The minimum Gasteiger partial charge on any atom is -0.508 e. The summed E-state index contributed by atoms with van der Waals surface area (Å²) in [5.74, 6) is -7.30. The largest absolute Gasteiger partial charge is 0.508 e. The van der Waals surface area contributed by atoms with Crippen LogP contribution in [0.3, 0.4) is 0 Å². The molecule has 234 valence electrons. The topological polar surface area (TPSA) is 200 Å². The van der Waals surface area contributed by atoms with Gasteiger partial charge in [-0.25, -0.2) is 0 Å². The number of carbonyl (C=O) groups excluding carboxylic acids is 4. The Morgan fingerprint density at radius 2 is 1.75 bits per heavy atom. The first kappa shape index (κ1) is 33.2. The number of hydrogen-bond acceptors (Lipinski definition) is 10. The number of primary amides is 1. The lowest BCUT2D eigenvalue weighted by molar-refractivity contribution is -0.153. The Morgan fingerprint density at radius 3 is 2.32 bits per heavy atom. The molecule has 0 saturated heterocycles. The number of ketones is 2. The average molecular weight is 737 g/mol. The molecular formula is C30H31Br2N3O9. The van der Waals surface area contributed by atoms with E-state index in [1.807, 2.05) is 0 Å². The lowest BCUT2D eigenvalue weighted by Crippen LogP contribution is -2.65. The summed E-state index contributed by atoms with van der Waals surface area (Å²) in [5, 5.41) is 47.8. The number of likely N-dealkylation sites (N-methyl/N-ethyl adjacent to an activating group) is 1. The zero-order valence-corrected chi connectivity index (χ0v) is 27.1. The van der Waals surface area contributed by atoms with Crippen molar-refractivity contribution in [1.29, 1.82) is 0 Å². The van der Waals surface area contributed by atoms with Crippen molar-refractivity contribution in [3.63, 3.8) is 0 Å². The summed E-state index contributed by atoms with van der Waals surface area (Å²) in [6.45, 7) is 0. The van der Waals surface area contributed by atoms with Crippen LogP contribution < -0.4 is 15.8 Å². The minimum absolute atomic E-state index is 0. The van der Waals surface area contributed by atoms with Crippen LogP contribution in [0.1, 0.15) is 27.9 Å². The standard InChI is InChI=1S/C30H30BrN3O9.BrH/c1-34(2)22-16-11-14-10-13-6-9-17(33-29(41)21(31)12-4-7-15(43-3)8-5-12)23(35)18(13)24(36)19(14)26(38)30(16,42)27(39)20(25(22)37)28(32)40;/h4-9,14,16,21-22,35-36,39,42H,10-11H2,1-3H3,(H2,32,40)(H,33,41);1H/t14?,16?,21?,22-,30?;/m0./s1. The average Bonchev–Trinajstić information content (AvgIpc) is 2.95. The number of phenols is 1. The van der Waals surface area contributed by atoms with E-state index in [-0.39, 0.29) is 46.6 Å². The van der Waals surface area contributed by atoms with Gasteiger partial charge in [0.1, 0.15) is 33.4 Å². The lowest BCUT2D eigenvalue weighted by Gasteiger charge is -2.50. The molecule has 2 aromatic rings. The van der Waals surface area contributed by atoms with Crippen LogP contribution in [0.15, 0.2) is 53.3 Å². The van der Waals surface area contributed by atoms with E-state index in [0.29, 0.717) is 16.9 Å². The summed E-state index contributed by atoms with van der Waals surface area (Å²) in [7, 11) is 4.59. The van der Waals surface area contributed by atoms with Gasteiger partial charge < -0.3 is 36.2 Å². The van der Waals surface area contributed by atoms with E-state index in [1.54, 1.807) is 30.3 Å². The summed E-state index contributed by atoms with van der Waals surface area (Å²) in [6, 6.07) is 8.68. The van der Waals surface area contributed by atoms with Gasteiger partial charge in [0.2, 0.25) is 11.7 Å². The zero-order valence-electron chi connectivity index (χ0n) is 23.8. The van der Waals surface area contributed by atoms with Gasteiger partial charge in [-0.3, -0.25) is 24.1 Å². The number of halogens is 2. The van der Waals surface area contributed by atoms with Crippen LogP contribution in [0.4, 0.5) is 5.69 Å². The number of alkyl halides is 1. The van der Waals surface area contributed by atoms with Crippen molar-refractivity contribution in [1.82, 2.24) is 4.90 Å². The van der Waals surface area contributed by atoms with Crippen molar-refractivity contribution in [2.24, 2.45) is 17.6 Å². The molecule has 0 radical (unpaired) electrons. The highest BCUT2D eigenvalue weighted by Crippen LogP contribution is 2.53. The summed E-state index contributed by atoms with van der Waals surface area (Å²) in [6.07, 6.45) is 0.126. The fourth-order valence-electron chi connectivity index (χ4n) is 6.44. The maximum atomic E-state index is 13.9. The number of ether oxygens (including phenoxy) is 1. The normalized spacial score (nSPS) is 25.0. The number of hydrogen-bond donors (Lipinski definition) is 6. The number of nitrogens with two attached hydrogens (primary N) is 1. The summed E-state index contributed by atoms with van der Waals surface area (Å²) in [5.41, 5.74) is 2.39. The molecule has 5 rings (SSSR count). The molecule has 44 heavy (non-hydrogen) atoms. The number of rotatable bonds is 6. The SMILES string of the molecule is Br.COc1ccc(C(Br)C(=O)Nc2ccc3c(c2O)C(O)=C2C(=O)C4(O)C(O)=C(C(N)=O)C(=O)[C@@H](N(C)C)C4CC2C3)cc1. The Balaban J connectivity index is 0.00000442. The predicted octanol–water partition coefficient (Wildman–Crippen LogP) is 2.63. The quantitative estimate of drug-likeness (QED) is 0.146. The molecular weight excluding hydrogens is 706 g/mol. The monoisotopic (exact) mass is 735 g/mol. The van der Waals surface area contributed by atoms with Crippen molar-refractivity contribution in [2.45, 2.75) is 29.3 Å². The predicted molar refractivity (Wildman–Crippen MR) is 168 cm³/mol. The number of aromatic hydroxyl groups is 1. The molecule has 4 unspecified atom stereocenters. The van der Waals surface area contributed by atoms with Crippen LogP contribution in [-0.4, -0.2) is 81.6 Å². The van der Waals surface area contributed by atoms with Gasteiger partial charge in [0.15, 0.2) is 11.4 Å². The van der Waals surface area contributed by atoms with Crippen LogP contribution in [0.25, 0.3) is 5.76 Å². The fraction of sp³-hybridized carbons (Fsp3) is 0.333. The van der Waals surface area contributed by atoms with Crippen molar-refractivity contribution >= 4 is 67.7 Å². The van der Waals surface area contributed by atoms with E-state index < -0.39 is 74.5 Å². The smallest absolute Gasteiger partial charge is 0.255 e. The molecule has 1 saturated carbocycles. The summed E-state index contributed by atoms with van der Waals surface area (Å²) >= 11 is 3.34. The highest BCUT2D eigenvalue weighted by molar-refractivity contribution is 9.09. The Hall–Kier alpha value is -3.72. The molecule has 0 aliphatic heterocycles. The molecule has 0 bridgehead atoms. The van der Waals surface area contributed by atoms with Gasteiger partial charge in [-0.15, -0.1) is 17.0 Å². The Kier molecular flexibility index (Phi) is 9.04. The van der Waals surface area contributed by atoms with E-state index in [4.69, 9.17) is 10.5 Å². The number of amides is 2. The molecule has 14 heteroatoms. The zero-order chi connectivity index (χ0) is 31.5. The third kappa shape index (κ3) is 4.99. The summed E-state index contributed by atoms with van der Waals surface area (Å²) in [4.78, 5) is 52.9. The highest BCUT2D eigenvalue weighted by atomic mass is 79.9. The van der Waals surface area contributed by atoms with Crippen molar-refractivity contribution < 1.29 is 44.3 Å². The molecule has 0 aromatic heterocycles. The third-order valence-corrected chi connectivity index (χ3v) is 9.43. The number of aliphatic hydroxyl groups excluding tert-OH is 2. The van der Waals surface area contributed by atoms with Crippen LogP contribution in [-0.2, 0) is 25.6 Å². The molecule has 7 N–H and O–H groups in total. The van der Waals surface area contributed by atoms with E-state index in [2.05, 4.69) is 21.2 Å². The van der Waals surface area contributed by atoms with E-state index in [1.165, 1.54) is 32.2 Å². The number of benzene rings is 2. The molecule has 2 amide bonds. The number of fused-ring (bicyclic) bond motifs is 3. The number of phenolic OH excluding ortho intramolecular Hbond substituents is 1. The van der Waals surface area contributed by atoms with Crippen molar-refractivity contribution in [3.05, 3.63) is 70.0 Å². The Bertz CT molecular complexity index is 1640. The van der Waals surface area contributed by atoms with Gasteiger partial charge in [0.05, 0.1) is 24.4 Å². The number of nitrogens with one attached hydrogen (secondary N) is 1. The molecule has 2 aromatic carbocycles. The van der Waals surface area contributed by atoms with Gasteiger partial charge in [0.25, 0.3) is 5.91 Å². The van der Waals surface area contributed by atoms with Gasteiger partial charge in [-0.2, -0.15) is 0 Å². The lowest BCUT2D eigenvalue weighted by atomic mass is 9.57. The number of methoxy groups -OCH3 is 1. The molecule has 0 heterocycles. The first-order valence-corrected chi connectivity index (χ1v) is 14.2. The second-order valence-electron chi connectivity index (χ2n) is 11.1. The first-order chi connectivity index (χ1) is 20.2. The van der Waals surface area contributed by atoms with E-state index in [0.717, 1.165) is 0 Å². The molecule has 12 nitrogen and oxygen atoms in total. The maximum Gasteiger partial charge on any atom is 0.255 e. The van der Waals surface area contributed by atoms with Crippen LogP contribution in [0.5, 0.6) is 11.5 Å². The fourth-order valence-corrected chi connectivity index (χ4v) is 6.86. The second-order valence-corrected chi connectivity index (χ2v) is 12.0. The Morgan fingerprint density at radius 1 is 1.11 bits per heavy atom. The second kappa shape index (κ2) is 12.0. The maximum absolute atomic E-state index is 13.9. The minimum atomic E-state index is -2.73. The number of Topliss-reactive ketones (excluding diaryl/α,β-unsaturated/α-hetero) is 2. The molecule has 5 atom stereocenters. The Labute approximate surface area is 271 Å². The number of carbonyl (C=O) groups is 4. The first-order valence-electron chi connectivity index (χ1n) is 13.3. The van der Waals surface area contributed by atoms with Gasteiger partial charge in [-0.05, 0) is 62.2 Å². The van der Waals surface area contributed by atoms with E-state index in [9.17, 15) is 39.6 Å². The molecule has 3 aliphatic rings. The van der Waals surface area contributed by atoms with E-state index >= 15 is 0 Å². The van der Waals surface area contributed by atoms with Crippen molar-refractivity contribution in [3.8, 4) is 11.5 Å². The van der Waals surface area contributed by atoms with Crippen LogP contribution in [0.2, 0.25) is 0 Å². The molecule has 0 spiro atoms. The van der Waals surface area contributed by atoms with Crippen LogP contribution in [0, 0.1) is 11.8 Å². The third-order valence-electron chi connectivity index (χ3n) is 8.49. The highest BCUT2D eigenvalue weighted by Gasteiger charge is 2.64. The number of anilines is 1. The van der Waals surface area contributed by atoms with Gasteiger partial charge in [0, 0.05) is 11.5 Å². The van der Waals surface area contributed by atoms with Crippen molar-refractivity contribution in [2.75, 3.05) is 26.5 Å².